The van der Waals surface area contributed by atoms with E-state index in [0.717, 1.165) is 25.7 Å². The molecule has 0 aromatic heterocycles. The minimum atomic E-state index is -3.14. The largest absolute Gasteiger partial charge is 0.342 e. The Morgan fingerprint density at radius 1 is 1.12 bits per heavy atom. The van der Waals surface area contributed by atoms with Crippen molar-refractivity contribution in [3.63, 3.8) is 0 Å². The van der Waals surface area contributed by atoms with Gasteiger partial charge in [-0.15, -0.1) is 0 Å². The summed E-state index contributed by atoms with van der Waals surface area (Å²) in [6, 6.07) is 10.1. The van der Waals surface area contributed by atoms with Crippen molar-refractivity contribution < 1.29 is 13.2 Å². The van der Waals surface area contributed by atoms with Crippen molar-refractivity contribution in [1.29, 1.82) is 0 Å². The van der Waals surface area contributed by atoms with Gasteiger partial charge in [0.2, 0.25) is 5.91 Å². The molecule has 25 heavy (non-hydrogen) atoms. The number of hydrogen-bond donors (Lipinski definition) is 1. The zero-order chi connectivity index (χ0) is 17.9. The first-order valence-corrected chi connectivity index (χ1v) is 11.0. The lowest BCUT2D eigenvalue weighted by molar-refractivity contribution is -0.129. The van der Waals surface area contributed by atoms with E-state index in [4.69, 9.17) is 5.73 Å². The fourth-order valence-corrected chi connectivity index (χ4v) is 6.04. The predicted octanol–water partition coefficient (Wildman–Crippen LogP) is 1.93. The Labute approximate surface area is 150 Å². The summed E-state index contributed by atoms with van der Waals surface area (Å²) in [4.78, 5) is 14.4. The third kappa shape index (κ3) is 4.23. The first-order valence-electron chi connectivity index (χ1n) is 9.25. The molecule has 1 heterocycles. The highest BCUT2D eigenvalue weighted by atomic mass is 32.2. The van der Waals surface area contributed by atoms with Crippen LogP contribution in [0.2, 0.25) is 0 Å². The quantitative estimate of drug-likeness (QED) is 0.836. The lowest BCUT2D eigenvalue weighted by Crippen LogP contribution is -2.32. The number of likely N-dealkylation sites (tertiary alicyclic amines) is 1. The van der Waals surface area contributed by atoms with Crippen LogP contribution in [0, 0.1) is 5.92 Å². The molecule has 2 atom stereocenters. The van der Waals surface area contributed by atoms with Gasteiger partial charge in [-0.3, -0.25) is 4.79 Å². The number of rotatable bonds is 6. The zero-order valence-electron chi connectivity index (χ0n) is 14.6. The van der Waals surface area contributed by atoms with Gasteiger partial charge in [0.05, 0.1) is 11.0 Å². The molecule has 138 valence electrons. The maximum atomic E-state index is 12.6. The fourth-order valence-electron chi connectivity index (χ4n) is 4.19. The van der Waals surface area contributed by atoms with Crippen molar-refractivity contribution in [1.82, 2.24) is 4.90 Å². The van der Waals surface area contributed by atoms with Gasteiger partial charge in [0, 0.05) is 25.4 Å². The van der Waals surface area contributed by atoms with E-state index in [1.54, 1.807) is 4.90 Å². The highest BCUT2D eigenvalue weighted by Crippen LogP contribution is 2.32. The van der Waals surface area contributed by atoms with Gasteiger partial charge in [0.15, 0.2) is 9.84 Å². The molecule has 1 aliphatic heterocycles. The predicted molar refractivity (Wildman–Crippen MR) is 99.0 cm³/mol. The van der Waals surface area contributed by atoms with Crippen LogP contribution >= 0.6 is 0 Å². The second kappa shape index (κ2) is 7.87. The van der Waals surface area contributed by atoms with Crippen LogP contribution in [-0.2, 0) is 14.6 Å². The molecule has 0 spiro atoms. The Kier molecular flexibility index (Phi) is 5.79. The molecule has 1 saturated carbocycles. The molecule has 3 rings (SSSR count). The Hall–Kier alpha value is -1.40. The van der Waals surface area contributed by atoms with Crippen LogP contribution in [0.5, 0.6) is 0 Å². The molecule has 1 aromatic carbocycles. The molecule has 2 fully saturated rings. The molecule has 2 aliphatic rings. The number of sulfone groups is 1. The fraction of sp³-hybridized carbons (Fsp3) is 0.632. The summed E-state index contributed by atoms with van der Waals surface area (Å²) in [5.74, 6) is 0.397. The Morgan fingerprint density at radius 3 is 2.44 bits per heavy atom. The van der Waals surface area contributed by atoms with Gasteiger partial charge in [-0.1, -0.05) is 43.2 Å². The molecule has 6 heteroatoms. The van der Waals surface area contributed by atoms with Gasteiger partial charge in [-0.2, -0.15) is 0 Å². The molecule has 5 nitrogen and oxygen atoms in total. The van der Waals surface area contributed by atoms with E-state index in [2.05, 4.69) is 12.1 Å². The molecule has 2 N–H and O–H groups in total. The van der Waals surface area contributed by atoms with Crippen molar-refractivity contribution >= 4 is 15.7 Å². The SMILES string of the molecule is NC[C@@H]1CN(C(=O)CCS(=O)(=O)C2CCCC2)C[C@H]1c1ccccc1. The van der Waals surface area contributed by atoms with E-state index in [1.807, 2.05) is 18.2 Å². The second-order valence-corrected chi connectivity index (χ2v) is 9.74. The molecule has 1 saturated heterocycles. The van der Waals surface area contributed by atoms with E-state index in [1.165, 1.54) is 5.56 Å². The first-order chi connectivity index (χ1) is 12.0. The Morgan fingerprint density at radius 2 is 1.80 bits per heavy atom. The normalized spacial score (nSPS) is 24.8. The third-order valence-electron chi connectivity index (χ3n) is 5.73. The lowest BCUT2D eigenvalue weighted by atomic mass is 9.89. The lowest BCUT2D eigenvalue weighted by Gasteiger charge is -2.17. The smallest absolute Gasteiger partial charge is 0.223 e. The highest BCUT2D eigenvalue weighted by molar-refractivity contribution is 7.92. The number of hydrogen-bond acceptors (Lipinski definition) is 4. The van der Waals surface area contributed by atoms with Crippen molar-refractivity contribution in [3.05, 3.63) is 35.9 Å². The van der Waals surface area contributed by atoms with Gasteiger partial charge in [0.1, 0.15) is 0 Å². The Bertz CT molecular complexity index is 684. The monoisotopic (exact) mass is 364 g/mol. The zero-order valence-corrected chi connectivity index (χ0v) is 15.5. The van der Waals surface area contributed by atoms with Crippen molar-refractivity contribution in [2.24, 2.45) is 11.7 Å². The van der Waals surface area contributed by atoms with Gasteiger partial charge in [-0.05, 0) is 30.9 Å². The molecular formula is C19H28N2O3S. The van der Waals surface area contributed by atoms with Crippen molar-refractivity contribution in [2.75, 3.05) is 25.4 Å². The van der Waals surface area contributed by atoms with Crippen molar-refractivity contribution in [3.8, 4) is 0 Å². The van der Waals surface area contributed by atoms with Crippen LogP contribution in [0.25, 0.3) is 0 Å². The third-order valence-corrected chi connectivity index (χ3v) is 8.00. The van der Waals surface area contributed by atoms with Gasteiger partial charge in [-0.25, -0.2) is 8.42 Å². The molecule has 1 amide bonds. The number of nitrogens with two attached hydrogens (primary N) is 1. The minimum Gasteiger partial charge on any atom is -0.342 e. The van der Waals surface area contributed by atoms with E-state index in [-0.39, 0.29) is 35.2 Å². The van der Waals surface area contributed by atoms with E-state index < -0.39 is 9.84 Å². The summed E-state index contributed by atoms with van der Waals surface area (Å²) in [5, 5.41) is -0.229. The molecule has 1 aliphatic carbocycles. The van der Waals surface area contributed by atoms with Crippen LogP contribution in [0.15, 0.2) is 30.3 Å². The standard InChI is InChI=1S/C19H28N2O3S/c20-12-16-13-21(14-18(16)15-6-2-1-3-7-15)19(22)10-11-25(23,24)17-8-4-5-9-17/h1-3,6-7,16-18H,4-5,8-14,20H2/t16-,18+/m1/s1. The first kappa shape index (κ1) is 18.4. The van der Waals surface area contributed by atoms with Crippen LogP contribution in [0.3, 0.4) is 0 Å². The number of nitrogens with zero attached hydrogens (tertiary/aromatic N) is 1. The summed E-state index contributed by atoms with van der Waals surface area (Å²) in [6.45, 7) is 1.79. The summed E-state index contributed by atoms with van der Waals surface area (Å²) in [6.07, 6.45) is 3.58. The van der Waals surface area contributed by atoms with Crippen molar-refractivity contribution in [2.45, 2.75) is 43.3 Å². The van der Waals surface area contributed by atoms with Gasteiger partial charge < -0.3 is 10.6 Å². The molecule has 0 radical (unpaired) electrons. The van der Waals surface area contributed by atoms with E-state index >= 15 is 0 Å². The molecular weight excluding hydrogens is 336 g/mol. The van der Waals surface area contributed by atoms with Crippen LogP contribution in [0.4, 0.5) is 0 Å². The summed E-state index contributed by atoms with van der Waals surface area (Å²) in [5.41, 5.74) is 7.12. The number of benzene rings is 1. The molecule has 1 aromatic rings. The van der Waals surface area contributed by atoms with Crippen LogP contribution in [-0.4, -0.2) is 49.9 Å². The Balaban J connectivity index is 1.59. The summed E-state index contributed by atoms with van der Waals surface area (Å²) >= 11 is 0. The van der Waals surface area contributed by atoms with Gasteiger partial charge >= 0.3 is 0 Å². The van der Waals surface area contributed by atoms with Gasteiger partial charge in [0.25, 0.3) is 0 Å². The maximum Gasteiger partial charge on any atom is 0.223 e. The summed E-state index contributed by atoms with van der Waals surface area (Å²) in [7, 11) is -3.14. The second-order valence-electron chi connectivity index (χ2n) is 7.34. The minimum absolute atomic E-state index is 0.0176. The van der Waals surface area contributed by atoms with E-state index in [9.17, 15) is 13.2 Å². The number of carbonyl (C=O) groups excluding carboxylic acids is 1. The van der Waals surface area contributed by atoms with Crippen LogP contribution in [0.1, 0.15) is 43.6 Å². The van der Waals surface area contributed by atoms with E-state index in [0.29, 0.717) is 19.6 Å². The average Bonchev–Trinajstić information content (AvgIpc) is 3.30. The average molecular weight is 365 g/mol. The topological polar surface area (TPSA) is 80.5 Å². The highest BCUT2D eigenvalue weighted by Gasteiger charge is 2.36. The summed E-state index contributed by atoms with van der Waals surface area (Å²) < 4.78 is 24.7. The van der Waals surface area contributed by atoms with Crippen LogP contribution < -0.4 is 5.73 Å². The number of amides is 1. The molecule has 0 unspecified atom stereocenters. The maximum absolute atomic E-state index is 12.6. The molecule has 0 bridgehead atoms. The number of carbonyl (C=O) groups is 1.